The monoisotopic (exact) mass is 370 g/mol. The lowest BCUT2D eigenvalue weighted by Crippen LogP contribution is -2.12. The maximum absolute atomic E-state index is 11.1. The summed E-state index contributed by atoms with van der Waals surface area (Å²) in [6, 6.07) is 29.6. The minimum atomic E-state index is -1.05. The van der Waals surface area contributed by atoms with E-state index in [1.165, 1.54) is 0 Å². The molecule has 0 saturated carbocycles. The van der Waals surface area contributed by atoms with Crippen molar-refractivity contribution < 1.29 is 14.6 Å². The van der Waals surface area contributed by atoms with Crippen molar-refractivity contribution in [2.45, 2.75) is 0 Å². The molecular weight excluding hydrogens is 352 g/mol. The smallest absolute Gasteiger partial charge is 0.341 e. The average Bonchev–Trinajstić information content (AvgIpc) is 3.14. The van der Waals surface area contributed by atoms with Crippen molar-refractivity contribution in [2.75, 3.05) is 6.61 Å². The van der Waals surface area contributed by atoms with Crippen LogP contribution >= 0.6 is 0 Å². The molecule has 5 heteroatoms. The number of ether oxygens (including phenoxy) is 1. The number of rotatable bonds is 6. The minimum Gasteiger partial charge on any atom is -0.479 e. The third-order valence-corrected chi connectivity index (χ3v) is 4.28. The number of aliphatic carboxylic acids is 1. The van der Waals surface area contributed by atoms with Crippen molar-refractivity contribution in [3.63, 3.8) is 0 Å². The molecule has 0 fully saturated rings. The molecule has 0 spiro atoms. The summed E-state index contributed by atoms with van der Waals surface area (Å²) >= 11 is 0. The van der Waals surface area contributed by atoms with E-state index >= 15 is 0 Å². The minimum absolute atomic E-state index is 0.242. The third-order valence-electron chi connectivity index (χ3n) is 4.28. The van der Waals surface area contributed by atoms with Crippen LogP contribution in [0.2, 0.25) is 0 Å². The van der Waals surface area contributed by atoms with Gasteiger partial charge in [-0.15, -0.1) is 0 Å². The number of carboxylic acid groups (broad SMARTS) is 1. The molecule has 0 aliphatic rings. The van der Waals surface area contributed by atoms with Crippen molar-refractivity contribution in [3.8, 4) is 34.2 Å². The maximum atomic E-state index is 11.1. The Balaban J connectivity index is 2.00. The standard InChI is InChI=1S/C23H18N2O3/c26-20(27)16-28-23-24-21(17-10-4-1-5-11-17)22(18-12-6-2-7-13-18)25(23)19-14-8-3-9-15-19/h1-15H,16H2,(H,26,27). The van der Waals surface area contributed by atoms with E-state index in [2.05, 4.69) is 4.98 Å². The molecule has 1 heterocycles. The number of hydrogen-bond donors (Lipinski definition) is 1. The molecule has 5 nitrogen and oxygen atoms in total. The van der Waals surface area contributed by atoms with Crippen LogP contribution in [0.4, 0.5) is 0 Å². The summed E-state index contributed by atoms with van der Waals surface area (Å²) in [7, 11) is 0. The SMILES string of the molecule is O=C(O)COc1nc(-c2ccccc2)c(-c2ccccc2)n1-c1ccccc1. The number of hydrogen-bond acceptors (Lipinski definition) is 3. The molecule has 0 radical (unpaired) electrons. The van der Waals surface area contributed by atoms with Crippen LogP contribution in [-0.2, 0) is 4.79 Å². The Kier molecular flexibility index (Phi) is 4.89. The lowest BCUT2D eigenvalue weighted by molar-refractivity contribution is -0.139. The third kappa shape index (κ3) is 3.50. The summed E-state index contributed by atoms with van der Waals surface area (Å²) in [6.45, 7) is -0.466. The average molecular weight is 370 g/mol. The van der Waals surface area contributed by atoms with E-state index in [0.29, 0.717) is 0 Å². The van der Waals surface area contributed by atoms with E-state index < -0.39 is 12.6 Å². The van der Waals surface area contributed by atoms with Gasteiger partial charge in [-0.25, -0.2) is 4.79 Å². The highest BCUT2D eigenvalue weighted by Gasteiger charge is 2.22. The van der Waals surface area contributed by atoms with Crippen LogP contribution in [0.3, 0.4) is 0 Å². The molecule has 4 rings (SSSR count). The first-order chi connectivity index (χ1) is 13.7. The van der Waals surface area contributed by atoms with Crippen LogP contribution in [0.1, 0.15) is 0 Å². The fraction of sp³-hybridized carbons (Fsp3) is 0.0435. The first-order valence-electron chi connectivity index (χ1n) is 8.87. The van der Waals surface area contributed by atoms with E-state index in [1.807, 2.05) is 95.6 Å². The largest absolute Gasteiger partial charge is 0.479 e. The van der Waals surface area contributed by atoms with Crippen molar-refractivity contribution >= 4 is 5.97 Å². The molecule has 3 aromatic carbocycles. The van der Waals surface area contributed by atoms with Gasteiger partial charge in [0, 0.05) is 11.1 Å². The van der Waals surface area contributed by atoms with Crippen molar-refractivity contribution in [2.24, 2.45) is 0 Å². The molecule has 4 aromatic rings. The van der Waals surface area contributed by atoms with Crippen LogP contribution in [0.25, 0.3) is 28.2 Å². The summed E-state index contributed by atoms with van der Waals surface area (Å²) in [4.78, 5) is 15.8. The van der Waals surface area contributed by atoms with E-state index in [1.54, 1.807) is 0 Å². The van der Waals surface area contributed by atoms with Crippen LogP contribution in [0.5, 0.6) is 6.01 Å². The number of nitrogens with zero attached hydrogens (tertiary/aromatic N) is 2. The molecule has 1 aromatic heterocycles. The Morgan fingerprint density at radius 1 is 0.821 bits per heavy atom. The van der Waals surface area contributed by atoms with Crippen LogP contribution in [0.15, 0.2) is 91.0 Å². The highest BCUT2D eigenvalue weighted by Crippen LogP contribution is 2.37. The van der Waals surface area contributed by atoms with Crippen molar-refractivity contribution in [1.82, 2.24) is 9.55 Å². The fourth-order valence-corrected chi connectivity index (χ4v) is 3.10. The number of benzene rings is 3. The van der Waals surface area contributed by atoms with E-state index in [0.717, 1.165) is 28.2 Å². The summed E-state index contributed by atoms with van der Waals surface area (Å²) in [5.74, 6) is -1.05. The number of imidazole rings is 1. The predicted octanol–water partition coefficient (Wildman–Crippen LogP) is 4.67. The van der Waals surface area contributed by atoms with Gasteiger partial charge in [0.05, 0.1) is 11.4 Å². The van der Waals surface area contributed by atoms with Crippen molar-refractivity contribution in [1.29, 1.82) is 0 Å². The Morgan fingerprint density at radius 2 is 1.36 bits per heavy atom. The molecule has 1 N–H and O–H groups in total. The number of carbonyl (C=O) groups is 1. The molecular formula is C23H18N2O3. The lowest BCUT2D eigenvalue weighted by atomic mass is 10.0. The van der Waals surface area contributed by atoms with Crippen LogP contribution in [-0.4, -0.2) is 27.2 Å². The van der Waals surface area contributed by atoms with Gasteiger partial charge in [0.2, 0.25) is 0 Å². The Bertz CT molecular complexity index is 1080. The molecule has 0 saturated heterocycles. The molecule has 0 bridgehead atoms. The Labute approximate surface area is 162 Å². The summed E-state index contributed by atoms with van der Waals surface area (Å²) < 4.78 is 7.43. The van der Waals surface area contributed by atoms with Gasteiger partial charge in [0.15, 0.2) is 6.61 Å². The number of aromatic nitrogens is 2. The highest BCUT2D eigenvalue weighted by molar-refractivity contribution is 5.81. The van der Waals surface area contributed by atoms with Gasteiger partial charge in [-0.2, -0.15) is 4.98 Å². The van der Waals surface area contributed by atoms with Gasteiger partial charge >= 0.3 is 12.0 Å². The topological polar surface area (TPSA) is 64.3 Å². The van der Waals surface area contributed by atoms with Crippen LogP contribution in [0, 0.1) is 0 Å². The Morgan fingerprint density at radius 3 is 1.93 bits per heavy atom. The second-order valence-corrected chi connectivity index (χ2v) is 6.18. The molecule has 0 amide bonds. The zero-order valence-corrected chi connectivity index (χ0v) is 15.0. The molecule has 0 unspecified atom stereocenters. The lowest BCUT2D eigenvalue weighted by Gasteiger charge is -2.13. The van der Waals surface area contributed by atoms with E-state index in [4.69, 9.17) is 9.84 Å². The first-order valence-corrected chi connectivity index (χ1v) is 8.87. The summed E-state index contributed by atoms with van der Waals surface area (Å²) in [5.41, 5.74) is 4.31. The van der Waals surface area contributed by atoms with Gasteiger partial charge in [0.1, 0.15) is 5.69 Å². The zero-order valence-electron chi connectivity index (χ0n) is 15.0. The first kappa shape index (κ1) is 17.5. The summed E-state index contributed by atoms with van der Waals surface area (Å²) in [6.07, 6.45) is 0. The van der Waals surface area contributed by atoms with Gasteiger partial charge in [-0.05, 0) is 12.1 Å². The van der Waals surface area contributed by atoms with Crippen LogP contribution < -0.4 is 4.74 Å². The van der Waals surface area contributed by atoms with Gasteiger partial charge in [-0.3, -0.25) is 4.57 Å². The quantitative estimate of drug-likeness (QED) is 0.536. The molecule has 138 valence electrons. The van der Waals surface area contributed by atoms with E-state index in [9.17, 15) is 4.79 Å². The fourth-order valence-electron chi connectivity index (χ4n) is 3.10. The second-order valence-electron chi connectivity index (χ2n) is 6.18. The Hall–Kier alpha value is -3.86. The summed E-state index contributed by atoms with van der Waals surface area (Å²) in [5, 5.41) is 9.08. The normalized spacial score (nSPS) is 10.6. The number of carboxylic acids is 1. The van der Waals surface area contributed by atoms with Gasteiger partial charge < -0.3 is 9.84 Å². The van der Waals surface area contributed by atoms with Crippen molar-refractivity contribution in [3.05, 3.63) is 91.0 Å². The molecule has 28 heavy (non-hydrogen) atoms. The van der Waals surface area contributed by atoms with E-state index in [-0.39, 0.29) is 6.01 Å². The molecule has 0 atom stereocenters. The second kappa shape index (κ2) is 7.80. The van der Waals surface area contributed by atoms with Gasteiger partial charge in [0.25, 0.3) is 0 Å². The number of para-hydroxylation sites is 1. The molecule has 0 aliphatic heterocycles. The zero-order chi connectivity index (χ0) is 19.3. The predicted molar refractivity (Wildman–Crippen MR) is 108 cm³/mol. The maximum Gasteiger partial charge on any atom is 0.341 e. The van der Waals surface area contributed by atoms with Gasteiger partial charge in [-0.1, -0.05) is 78.9 Å². The highest BCUT2D eigenvalue weighted by atomic mass is 16.5. The molecule has 0 aliphatic carbocycles.